The quantitative estimate of drug-likeness (QED) is 0.852. The smallest absolute Gasteiger partial charge is 0.266 e. The molecule has 1 unspecified atom stereocenters. The van der Waals surface area contributed by atoms with Crippen molar-refractivity contribution in [1.29, 1.82) is 0 Å². The summed E-state index contributed by atoms with van der Waals surface area (Å²) in [5.74, 6) is -2.59. The highest BCUT2D eigenvalue weighted by Gasteiger charge is 2.43. The largest absolute Gasteiger partial charge is 0.336 e. The van der Waals surface area contributed by atoms with Gasteiger partial charge in [0.05, 0.1) is 6.54 Å². The highest BCUT2D eigenvalue weighted by atomic mass is 19.2. The highest BCUT2D eigenvalue weighted by molar-refractivity contribution is 5.94. The first-order valence-corrected chi connectivity index (χ1v) is 7.13. The lowest BCUT2D eigenvalue weighted by Crippen LogP contribution is -2.46. The SMILES string of the molecule is Cc1noc(C2(F)CCCN(C(=O)c3ccc(F)c(F)c3)C2)n1. The molecule has 2 aromatic rings. The maximum absolute atomic E-state index is 15.1. The summed E-state index contributed by atoms with van der Waals surface area (Å²) >= 11 is 0. The Morgan fingerprint density at radius 2 is 2.13 bits per heavy atom. The van der Waals surface area contributed by atoms with Crippen LogP contribution in [0.3, 0.4) is 0 Å². The number of piperidine rings is 1. The second-order valence-electron chi connectivity index (χ2n) is 5.57. The number of hydrogen-bond acceptors (Lipinski definition) is 4. The van der Waals surface area contributed by atoms with Crippen LogP contribution in [0.25, 0.3) is 0 Å². The number of aromatic nitrogens is 2. The van der Waals surface area contributed by atoms with Gasteiger partial charge in [0.1, 0.15) is 0 Å². The molecule has 122 valence electrons. The van der Waals surface area contributed by atoms with Crippen molar-refractivity contribution in [2.75, 3.05) is 13.1 Å². The Hall–Kier alpha value is -2.38. The number of likely N-dealkylation sites (tertiary alicyclic amines) is 1. The van der Waals surface area contributed by atoms with Crippen LogP contribution >= 0.6 is 0 Å². The molecule has 0 aliphatic carbocycles. The maximum atomic E-state index is 15.1. The van der Waals surface area contributed by atoms with Crippen molar-refractivity contribution in [1.82, 2.24) is 15.0 Å². The van der Waals surface area contributed by atoms with Crippen molar-refractivity contribution in [3.63, 3.8) is 0 Å². The molecule has 23 heavy (non-hydrogen) atoms. The molecule has 1 amide bonds. The first kappa shape index (κ1) is 15.5. The third kappa shape index (κ3) is 2.93. The van der Waals surface area contributed by atoms with E-state index in [1.54, 1.807) is 6.92 Å². The molecule has 1 fully saturated rings. The third-order valence-corrected chi connectivity index (χ3v) is 3.81. The van der Waals surface area contributed by atoms with Crippen LogP contribution < -0.4 is 0 Å². The number of hydrogen-bond donors (Lipinski definition) is 0. The third-order valence-electron chi connectivity index (χ3n) is 3.81. The molecular weight excluding hydrogens is 311 g/mol. The summed E-state index contributed by atoms with van der Waals surface area (Å²) in [4.78, 5) is 17.5. The zero-order valence-electron chi connectivity index (χ0n) is 12.4. The average Bonchev–Trinajstić information content (AvgIpc) is 2.97. The second kappa shape index (κ2) is 5.68. The van der Waals surface area contributed by atoms with E-state index in [9.17, 15) is 13.6 Å². The Labute approximate surface area is 130 Å². The van der Waals surface area contributed by atoms with Crippen LogP contribution in [0.1, 0.15) is 34.9 Å². The molecule has 2 heterocycles. The topological polar surface area (TPSA) is 59.2 Å². The molecule has 1 aromatic heterocycles. The van der Waals surface area contributed by atoms with Gasteiger partial charge in [0.2, 0.25) is 5.67 Å². The molecule has 1 aliphatic rings. The molecule has 1 atom stereocenters. The van der Waals surface area contributed by atoms with Crippen LogP contribution in [0, 0.1) is 18.6 Å². The van der Waals surface area contributed by atoms with E-state index in [0.29, 0.717) is 18.8 Å². The summed E-state index contributed by atoms with van der Waals surface area (Å²) in [6, 6.07) is 2.85. The molecule has 0 bridgehead atoms. The minimum absolute atomic E-state index is 0.0325. The minimum atomic E-state index is -1.94. The number of carbonyl (C=O) groups is 1. The molecule has 0 radical (unpaired) electrons. The summed E-state index contributed by atoms with van der Waals surface area (Å²) in [5, 5.41) is 3.57. The fraction of sp³-hybridized carbons (Fsp3) is 0.400. The fourth-order valence-electron chi connectivity index (χ4n) is 2.65. The minimum Gasteiger partial charge on any atom is -0.336 e. The van der Waals surface area contributed by atoms with Crippen LogP contribution in [0.4, 0.5) is 13.2 Å². The summed E-state index contributed by atoms with van der Waals surface area (Å²) < 4.78 is 46.2. The number of nitrogens with zero attached hydrogens (tertiary/aromatic N) is 3. The molecule has 1 saturated heterocycles. The molecule has 0 N–H and O–H groups in total. The lowest BCUT2D eigenvalue weighted by molar-refractivity contribution is 0.0152. The Morgan fingerprint density at radius 1 is 1.35 bits per heavy atom. The van der Waals surface area contributed by atoms with E-state index < -0.39 is 23.2 Å². The summed E-state index contributed by atoms with van der Waals surface area (Å²) in [6.45, 7) is 1.62. The van der Waals surface area contributed by atoms with Crippen molar-refractivity contribution < 1.29 is 22.5 Å². The van der Waals surface area contributed by atoms with Crippen molar-refractivity contribution in [3.05, 3.63) is 47.1 Å². The van der Waals surface area contributed by atoms with E-state index >= 15 is 4.39 Å². The van der Waals surface area contributed by atoms with Crippen molar-refractivity contribution in [2.45, 2.75) is 25.4 Å². The van der Waals surface area contributed by atoms with E-state index in [2.05, 4.69) is 10.1 Å². The van der Waals surface area contributed by atoms with Crippen LogP contribution in [0.15, 0.2) is 22.7 Å². The average molecular weight is 325 g/mol. The Bertz CT molecular complexity index is 749. The number of aryl methyl sites for hydroxylation is 1. The Balaban J connectivity index is 1.83. The highest BCUT2D eigenvalue weighted by Crippen LogP contribution is 2.35. The van der Waals surface area contributed by atoms with Gasteiger partial charge in [-0.15, -0.1) is 0 Å². The predicted octanol–water partition coefficient (Wildman–Crippen LogP) is 2.76. The first-order valence-electron chi connectivity index (χ1n) is 7.13. The fourth-order valence-corrected chi connectivity index (χ4v) is 2.65. The van der Waals surface area contributed by atoms with Crippen LogP contribution in [0.2, 0.25) is 0 Å². The van der Waals surface area contributed by atoms with Gasteiger partial charge in [0.15, 0.2) is 17.5 Å². The lowest BCUT2D eigenvalue weighted by atomic mass is 9.94. The van der Waals surface area contributed by atoms with Gasteiger partial charge in [-0.1, -0.05) is 5.16 Å². The molecular formula is C15H14F3N3O2. The second-order valence-corrected chi connectivity index (χ2v) is 5.57. The lowest BCUT2D eigenvalue weighted by Gasteiger charge is -2.35. The predicted molar refractivity (Wildman–Crippen MR) is 73.3 cm³/mol. The van der Waals surface area contributed by atoms with Gasteiger partial charge in [-0.3, -0.25) is 4.79 Å². The number of halogens is 3. The summed E-state index contributed by atoms with van der Waals surface area (Å²) in [7, 11) is 0. The molecule has 1 aliphatic heterocycles. The van der Waals surface area contributed by atoms with E-state index in [1.165, 1.54) is 11.0 Å². The zero-order chi connectivity index (χ0) is 16.6. The van der Waals surface area contributed by atoms with Gasteiger partial charge in [-0.25, -0.2) is 13.2 Å². The van der Waals surface area contributed by atoms with Gasteiger partial charge in [0, 0.05) is 12.1 Å². The van der Waals surface area contributed by atoms with Crippen LogP contribution in [-0.2, 0) is 5.67 Å². The molecule has 5 nitrogen and oxygen atoms in total. The standard InChI is InChI=1S/C15H14F3N3O2/c1-9-19-14(23-20-9)15(18)5-2-6-21(8-15)13(22)10-3-4-11(16)12(17)7-10/h3-4,7H,2,5-6,8H2,1H3. The molecule has 3 rings (SSSR count). The normalized spacial score (nSPS) is 21.5. The van der Waals surface area contributed by atoms with E-state index in [0.717, 1.165) is 12.1 Å². The van der Waals surface area contributed by atoms with Crippen LogP contribution in [0.5, 0.6) is 0 Å². The van der Waals surface area contributed by atoms with E-state index in [-0.39, 0.29) is 24.4 Å². The number of rotatable bonds is 2. The van der Waals surface area contributed by atoms with E-state index in [4.69, 9.17) is 4.52 Å². The Kier molecular flexibility index (Phi) is 3.83. The zero-order valence-corrected chi connectivity index (χ0v) is 12.4. The monoisotopic (exact) mass is 325 g/mol. The summed E-state index contributed by atoms with van der Waals surface area (Å²) in [6.07, 6.45) is 0.545. The van der Waals surface area contributed by atoms with Gasteiger partial charge < -0.3 is 9.42 Å². The van der Waals surface area contributed by atoms with Crippen molar-refractivity contribution in [2.24, 2.45) is 0 Å². The maximum Gasteiger partial charge on any atom is 0.266 e. The first-order chi connectivity index (χ1) is 10.9. The number of alkyl halides is 1. The van der Waals surface area contributed by atoms with Gasteiger partial charge >= 0.3 is 0 Å². The molecule has 0 spiro atoms. The Morgan fingerprint density at radius 3 is 2.78 bits per heavy atom. The van der Waals surface area contributed by atoms with Crippen molar-refractivity contribution in [3.8, 4) is 0 Å². The van der Waals surface area contributed by atoms with Gasteiger partial charge in [0.25, 0.3) is 11.8 Å². The molecule has 8 heteroatoms. The molecule has 1 aromatic carbocycles. The molecule has 0 saturated carbocycles. The van der Waals surface area contributed by atoms with Crippen molar-refractivity contribution >= 4 is 5.91 Å². The number of amides is 1. The van der Waals surface area contributed by atoms with Gasteiger partial charge in [-0.2, -0.15) is 4.98 Å². The number of carbonyl (C=O) groups excluding carboxylic acids is 1. The van der Waals surface area contributed by atoms with Crippen LogP contribution in [-0.4, -0.2) is 34.0 Å². The summed E-state index contributed by atoms with van der Waals surface area (Å²) in [5.41, 5.74) is -1.97. The number of benzene rings is 1. The van der Waals surface area contributed by atoms with E-state index in [1.807, 2.05) is 0 Å². The van der Waals surface area contributed by atoms with Gasteiger partial charge in [-0.05, 0) is 38.0 Å².